The van der Waals surface area contributed by atoms with Crippen LogP contribution in [0.25, 0.3) is 11.0 Å². The molecule has 0 radical (unpaired) electrons. The molecule has 1 aliphatic carbocycles. The summed E-state index contributed by atoms with van der Waals surface area (Å²) in [6.07, 6.45) is 4.92. The summed E-state index contributed by atoms with van der Waals surface area (Å²) in [5, 5.41) is 0. The molecule has 1 heterocycles. The molecule has 2 amide bonds. The third kappa shape index (κ3) is 5.37. The molecule has 180 valence electrons. The van der Waals surface area contributed by atoms with Crippen LogP contribution >= 0.6 is 0 Å². The number of nitrogens with zero attached hydrogens (tertiary/aromatic N) is 2. The maximum Gasteiger partial charge on any atom is 0.326 e. The normalized spacial score (nSPS) is 15.1. The number of hydrogen-bond acceptors (Lipinski definition) is 4. The molecule has 1 aromatic heterocycles. The Bertz CT molecular complexity index is 1130. The van der Waals surface area contributed by atoms with Crippen LogP contribution in [0, 0.1) is 19.3 Å². The van der Waals surface area contributed by atoms with Crippen LogP contribution in [0.3, 0.4) is 0 Å². The van der Waals surface area contributed by atoms with Crippen LogP contribution in [0.1, 0.15) is 69.6 Å². The molecule has 8 heteroatoms. The first-order valence-electron chi connectivity index (χ1n) is 11.7. The molecule has 8 nitrogen and oxygen atoms in total. The standard InChI is InChI=1S/C25H36N4O4/c1-15-11-19-23(29(24(33)27-19)13-20(30)25(3,4)5)18(16(15)2)12-22(32)28(14-21(26)31)17-9-7-6-8-10-17/h11,17H,6-10,12-14H2,1-5H3,(H2,26,31)(H,27,33). The average Bonchev–Trinajstić information content (AvgIpc) is 3.03. The molecular weight excluding hydrogens is 420 g/mol. The van der Waals surface area contributed by atoms with Gasteiger partial charge in [0.2, 0.25) is 11.8 Å². The molecule has 0 bridgehead atoms. The lowest BCUT2D eigenvalue weighted by atomic mass is 9.90. The topological polar surface area (TPSA) is 118 Å². The van der Waals surface area contributed by atoms with E-state index in [1.54, 1.807) is 4.90 Å². The number of aryl methyl sites for hydroxylation is 1. The number of ketones is 1. The number of nitrogens with two attached hydrogens (primary N) is 1. The summed E-state index contributed by atoms with van der Waals surface area (Å²) in [6.45, 7) is 9.13. The van der Waals surface area contributed by atoms with E-state index in [0.29, 0.717) is 16.6 Å². The second-order valence-electron chi connectivity index (χ2n) is 10.3. The minimum Gasteiger partial charge on any atom is -0.368 e. The minimum absolute atomic E-state index is 0.00441. The number of fused-ring (bicyclic) bond motifs is 1. The highest BCUT2D eigenvalue weighted by Gasteiger charge is 2.29. The number of hydrogen-bond donors (Lipinski definition) is 2. The number of carbonyl (C=O) groups excluding carboxylic acids is 3. The quantitative estimate of drug-likeness (QED) is 0.666. The number of amides is 2. The van der Waals surface area contributed by atoms with Crippen molar-refractivity contribution in [3.05, 3.63) is 33.2 Å². The zero-order valence-electron chi connectivity index (χ0n) is 20.4. The summed E-state index contributed by atoms with van der Waals surface area (Å²) < 4.78 is 1.44. The molecule has 1 saturated carbocycles. The van der Waals surface area contributed by atoms with Gasteiger partial charge in [-0.05, 0) is 49.4 Å². The second-order valence-corrected chi connectivity index (χ2v) is 10.3. The van der Waals surface area contributed by atoms with E-state index >= 15 is 0 Å². The highest BCUT2D eigenvalue weighted by Crippen LogP contribution is 2.28. The molecule has 1 aromatic carbocycles. The van der Waals surface area contributed by atoms with Crippen molar-refractivity contribution in [3.8, 4) is 0 Å². The number of nitrogens with one attached hydrogen (secondary N) is 1. The molecule has 1 aliphatic rings. The molecule has 0 saturated heterocycles. The molecule has 33 heavy (non-hydrogen) atoms. The molecule has 0 unspecified atom stereocenters. The zero-order chi connectivity index (χ0) is 24.5. The van der Waals surface area contributed by atoms with Gasteiger partial charge < -0.3 is 15.6 Å². The van der Waals surface area contributed by atoms with Crippen molar-refractivity contribution in [2.45, 2.75) is 85.7 Å². The number of aromatic nitrogens is 2. The molecular formula is C25H36N4O4. The van der Waals surface area contributed by atoms with Crippen LogP contribution in [-0.4, -0.2) is 44.6 Å². The summed E-state index contributed by atoms with van der Waals surface area (Å²) in [5.41, 5.74) is 8.24. The Morgan fingerprint density at radius 3 is 2.36 bits per heavy atom. The fraction of sp³-hybridized carbons (Fsp3) is 0.600. The van der Waals surface area contributed by atoms with E-state index in [0.717, 1.165) is 43.2 Å². The summed E-state index contributed by atoms with van der Waals surface area (Å²) in [4.78, 5) is 55.3. The average molecular weight is 457 g/mol. The monoisotopic (exact) mass is 456 g/mol. The van der Waals surface area contributed by atoms with Gasteiger partial charge in [-0.2, -0.15) is 0 Å². The number of Topliss-reactive ketones (excluding diaryl/α,β-unsaturated/α-hetero) is 1. The number of primary amides is 1. The molecule has 3 rings (SSSR count). The maximum atomic E-state index is 13.5. The van der Waals surface area contributed by atoms with Crippen LogP contribution in [0.2, 0.25) is 0 Å². The number of rotatable bonds is 7. The lowest BCUT2D eigenvalue weighted by molar-refractivity contribution is -0.137. The van der Waals surface area contributed by atoms with Crippen LogP contribution < -0.4 is 11.4 Å². The van der Waals surface area contributed by atoms with Crippen molar-refractivity contribution in [1.82, 2.24) is 14.5 Å². The number of aromatic amines is 1. The number of carbonyl (C=O) groups is 3. The van der Waals surface area contributed by atoms with E-state index < -0.39 is 11.3 Å². The van der Waals surface area contributed by atoms with Crippen molar-refractivity contribution >= 4 is 28.6 Å². The first-order chi connectivity index (χ1) is 15.4. The van der Waals surface area contributed by atoms with E-state index in [-0.39, 0.29) is 42.9 Å². The molecule has 1 fully saturated rings. The largest absolute Gasteiger partial charge is 0.368 e. The fourth-order valence-electron chi connectivity index (χ4n) is 4.64. The van der Waals surface area contributed by atoms with Gasteiger partial charge in [0.25, 0.3) is 0 Å². The Kier molecular flexibility index (Phi) is 7.14. The van der Waals surface area contributed by atoms with E-state index in [9.17, 15) is 19.2 Å². The van der Waals surface area contributed by atoms with Crippen molar-refractivity contribution in [2.75, 3.05) is 6.54 Å². The van der Waals surface area contributed by atoms with Gasteiger partial charge in [0, 0.05) is 11.5 Å². The zero-order valence-corrected chi connectivity index (χ0v) is 20.4. The van der Waals surface area contributed by atoms with Crippen LogP contribution in [0.15, 0.2) is 10.9 Å². The number of H-pyrrole nitrogens is 1. The predicted molar refractivity (Wildman–Crippen MR) is 128 cm³/mol. The van der Waals surface area contributed by atoms with Crippen LogP contribution in [0.5, 0.6) is 0 Å². The van der Waals surface area contributed by atoms with E-state index in [4.69, 9.17) is 5.73 Å². The maximum absolute atomic E-state index is 13.5. The molecule has 0 atom stereocenters. The highest BCUT2D eigenvalue weighted by molar-refractivity contribution is 5.91. The summed E-state index contributed by atoms with van der Waals surface area (Å²) >= 11 is 0. The Morgan fingerprint density at radius 1 is 1.15 bits per heavy atom. The Morgan fingerprint density at radius 2 is 1.79 bits per heavy atom. The van der Waals surface area contributed by atoms with Gasteiger partial charge in [0.1, 0.15) is 0 Å². The Labute approximate surface area is 194 Å². The van der Waals surface area contributed by atoms with Crippen molar-refractivity contribution in [3.63, 3.8) is 0 Å². The minimum atomic E-state index is -0.599. The second kappa shape index (κ2) is 9.53. The highest BCUT2D eigenvalue weighted by atomic mass is 16.2. The van der Waals surface area contributed by atoms with E-state index in [2.05, 4.69) is 4.98 Å². The van der Waals surface area contributed by atoms with Gasteiger partial charge in [-0.3, -0.25) is 19.0 Å². The lowest BCUT2D eigenvalue weighted by Crippen LogP contribution is -2.46. The van der Waals surface area contributed by atoms with E-state index in [1.807, 2.05) is 40.7 Å². The van der Waals surface area contributed by atoms with E-state index in [1.165, 1.54) is 4.57 Å². The van der Waals surface area contributed by atoms with Crippen molar-refractivity contribution in [2.24, 2.45) is 11.1 Å². The van der Waals surface area contributed by atoms with Crippen molar-refractivity contribution < 1.29 is 14.4 Å². The van der Waals surface area contributed by atoms with Crippen LogP contribution in [0.4, 0.5) is 0 Å². The van der Waals surface area contributed by atoms with Gasteiger partial charge in [-0.15, -0.1) is 0 Å². The first-order valence-corrected chi connectivity index (χ1v) is 11.7. The number of benzene rings is 1. The first kappa shape index (κ1) is 24.7. The van der Waals surface area contributed by atoms with Crippen LogP contribution in [-0.2, 0) is 27.3 Å². The Balaban J connectivity index is 2.06. The van der Waals surface area contributed by atoms with Gasteiger partial charge >= 0.3 is 5.69 Å². The summed E-state index contributed by atoms with van der Waals surface area (Å²) in [6, 6.07) is 1.87. The molecule has 3 N–H and O–H groups in total. The molecule has 0 spiro atoms. The van der Waals surface area contributed by atoms with Gasteiger partial charge in [-0.1, -0.05) is 40.0 Å². The number of imidazole rings is 1. The third-order valence-corrected chi connectivity index (χ3v) is 6.83. The SMILES string of the molecule is Cc1cc2[nH]c(=O)n(CC(=O)C(C)(C)C)c2c(CC(=O)N(CC(N)=O)C2CCCCC2)c1C. The smallest absolute Gasteiger partial charge is 0.326 e. The lowest BCUT2D eigenvalue weighted by Gasteiger charge is -2.34. The molecule has 2 aromatic rings. The van der Waals surface area contributed by atoms with Crippen molar-refractivity contribution in [1.29, 1.82) is 0 Å². The Hall–Kier alpha value is -2.90. The fourth-order valence-corrected chi connectivity index (χ4v) is 4.64. The third-order valence-electron chi connectivity index (χ3n) is 6.83. The van der Waals surface area contributed by atoms with Gasteiger partial charge in [0.15, 0.2) is 5.78 Å². The summed E-state index contributed by atoms with van der Waals surface area (Å²) in [7, 11) is 0. The molecule has 0 aliphatic heterocycles. The van der Waals surface area contributed by atoms with Gasteiger partial charge in [0.05, 0.1) is 30.5 Å². The van der Waals surface area contributed by atoms with Gasteiger partial charge in [-0.25, -0.2) is 4.79 Å². The predicted octanol–water partition coefficient (Wildman–Crippen LogP) is 2.75. The summed E-state index contributed by atoms with van der Waals surface area (Å²) in [5.74, 6) is -0.786.